The zero-order chi connectivity index (χ0) is 15.6. The number of anilines is 1. The largest absolute Gasteiger partial charge is 0.315 e. The lowest BCUT2D eigenvalue weighted by Gasteiger charge is -2.09. The molecule has 0 spiro atoms. The summed E-state index contributed by atoms with van der Waals surface area (Å²) in [5.41, 5.74) is 3.65. The molecule has 0 aliphatic heterocycles. The van der Waals surface area contributed by atoms with Crippen LogP contribution in [-0.4, -0.2) is 15.5 Å². The Balaban J connectivity index is 2.32. The van der Waals surface area contributed by atoms with Crippen LogP contribution in [0.4, 0.5) is 5.69 Å². The molecule has 0 atom stereocenters. The van der Waals surface area contributed by atoms with Crippen molar-refractivity contribution in [2.45, 2.75) is 31.5 Å². The third kappa shape index (κ3) is 3.64. The van der Waals surface area contributed by atoms with Crippen LogP contribution in [-0.2, 0) is 16.6 Å². The fourth-order valence-electron chi connectivity index (χ4n) is 2.08. The summed E-state index contributed by atoms with van der Waals surface area (Å²) in [6.07, 6.45) is 0. The molecule has 0 saturated carbocycles. The van der Waals surface area contributed by atoms with E-state index in [1.54, 1.807) is 12.1 Å². The van der Waals surface area contributed by atoms with Gasteiger partial charge < -0.3 is 5.32 Å². The van der Waals surface area contributed by atoms with Crippen LogP contribution >= 0.6 is 11.3 Å². The average molecular weight is 324 g/mol. The predicted molar refractivity (Wildman–Crippen MR) is 88.5 cm³/mol. The zero-order valence-corrected chi connectivity index (χ0v) is 14.3. The maximum atomic E-state index is 12.5. The van der Waals surface area contributed by atoms with Crippen LogP contribution in [0.25, 0.3) is 0 Å². The first-order valence-corrected chi connectivity index (χ1v) is 8.97. The van der Waals surface area contributed by atoms with Gasteiger partial charge in [0.15, 0.2) is 0 Å². The van der Waals surface area contributed by atoms with Crippen LogP contribution in [0.15, 0.2) is 28.5 Å². The van der Waals surface area contributed by atoms with E-state index in [1.165, 1.54) is 11.3 Å². The number of thiophene rings is 1. The molecular weight excluding hydrogens is 304 g/mol. The van der Waals surface area contributed by atoms with E-state index in [4.69, 9.17) is 0 Å². The quantitative estimate of drug-likeness (QED) is 0.888. The van der Waals surface area contributed by atoms with Gasteiger partial charge in [0.25, 0.3) is 10.0 Å². The summed E-state index contributed by atoms with van der Waals surface area (Å²) in [6, 6.07) is 7.39. The van der Waals surface area contributed by atoms with Gasteiger partial charge in [-0.05, 0) is 51.1 Å². The molecule has 2 N–H and O–H groups in total. The Kier molecular flexibility index (Phi) is 4.70. The summed E-state index contributed by atoms with van der Waals surface area (Å²) in [6.45, 7) is 6.49. The lowest BCUT2D eigenvalue weighted by Crippen LogP contribution is -2.12. The van der Waals surface area contributed by atoms with Crippen LogP contribution in [0.3, 0.4) is 0 Å². The standard InChI is InChI=1S/C15H20N2O2S2/c1-10-5-6-13(11(2)7-10)17-21(18,19)15-8-12(3)14(20-15)9-16-4/h5-8,16-17H,9H2,1-4H3. The summed E-state index contributed by atoms with van der Waals surface area (Å²) >= 11 is 1.31. The molecule has 2 aromatic rings. The van der Waals surface area contributed by atoms with E-state index in [1.807, 2.05) is 40.0 Å². The highest BCUT2D eigenvalue weighted by Crippen LogP contribution is 2.28. The van der Waals surface area contributed by atoms with E-state index in [-0.39, 0.29) is 0 Å². The lowest BCUT2D eigenvalue weighted by atomic mass is 10.1. The highest BCUT2D eigenvalue weighted by Gasteiger charge is 2.19. The van der Waals surface area contributed by atoms with Gasteiger partial charge in [0, 0.05) is 11.4 Å². The van der Waals surface area contributed by atoms with Crippen LogP contribution in [0.2, 0.25) is 0 Å². The molecule has 0 aliphatic carbocycles. The smallest absolute Gasteiger partial charge is 0.271 e. The molecule has 0 radical (unpaired) electrons. The van der Waals surface area contributed by atoms with Gasteiger partial charge in [0.05, 0.1) is 5.69 Å². The summed E-state index contributed by atoms with van der Waals surface area (Å²) in [4.78, 5) is 1.04. The number of hydrogen-bond donors (Lipinski definition) is 2. The van der Waals surface area contributed by atoms with E-state index in [0.717, 1.165) is 21.6 Å². The third-order valence-electron chi connectivity index (χ3n) is 3.23. The number of sulfonamides is 1. The molecule has 0 unspecified atom stereocenters. The van der Waals surface area contributed by atoms with Gasteiger partial charge >= 0.3 is 0 Å². The molecule has 1 heterocycles. The van der Waals surface area contributed by atoms with Gasteiger partial charge in [-0.15, -0.1) is 11.3 Å². The molecule has 0 bridgehead atoms. The van der Waals surface area contributed by atoms with Gasteiger partial charge in [-0.25, -0.2) is 8.42 Å². The van der Waals surface area contributed by atoms with Crippen molar-refractivity contribution >= 4 is 27.0 Å². The second-order valence-electron chi connectivity index (χ2n) is 5.13. The average Bonchev–Trinajstić information content (AvgIpc) is 2.76. The number of nitrogens with one attached hydrogen (secondary N) is 2. The van der Waals surface area contributed by atoms with E-state index in [2.05, 4.69) is 10.0 Å². The van der Waals surface area contributed by atoms with Crippen LogP contribution in [0, 0.1) is 20.8 Å². The maximum absolute atomic E-state index is 12.5. The predicted octanol–water partition coefficient (Wildman–Crippen LogP) is 3.19. The Hall–Kier alpha value is -1.37. The number of hydrogen-bond acceptors (Lipinski definition) is 4. The first kappa shape index (κ1) is 16.0. The van der Waals surface area contributed by atoms with Gasteiger partial charge in [0.1, 0.15) is 4.21 Å². The van der Waals surface area contributed by atoms with Gasteiger partial charge in [-0.1, -0.05) is 17.7 Å². The summed E-state index contributed by atoms with van der Waals surface area (Å²) in [7, 11) is -1.68. The summed E-state index contributed by atoms with van der Waals surface area (Å²) < 4.78 is 28.0. The van der Waals surface area contributed by atoms with Crippen molar-refractivity contribution in [3.05, 3.63) is 45.8 Å². The summed E-state index contributed by atoms with van der Waals surface area (Å²) in [5, 5.41) is 3.05. The first-order valence-electron chi connectivity index (χ1n) is 6.67. The highest BCUT2D eigenvalue weighted by molar-refractivity contribution is 7.94. The minimum absolute atomic E-state index is 0.352. The minimum atomic E-state index is -3.53. The molecule has 21 heavy (non-hydrogen) atoms. The van der Waals surface area contributed by atoms with Crippen molar-refractivity contribution in [1.82, 2.24) is 5.32 Å². The maximum Gasteiger partial charge on any atom is 0.271 e. The fraction of sp³-hybridized carbons (Fsp3) is 0.333. The Bertz CT molecular complexity index is 749. The van der Waals surface area contributed by atoms with Crippen LogP contribution < -0.4 is 10.0 Å². The van der Waals surface area contributed by atoms with Crippen molar-refractivity contribution < 1.29 is 8.42 Å². The molecule has 1 aromatic heterocycles. The molecule has 114 valence electrons. The topological polar surface area (TPSA) is 58.2 Å². The third-order valence-corrected chi connectivity index (χ3v) is 6.30. The van der Waals surface area contributed by atoms with Crippen LogP contribution in [0.5, 0.6) is 0 Å². The number of aryl methyl sites for hydroxylation is 3. The Morgan fingerprint density at radius 1 is 1.10 bits per heavy atom. The molecule has 1 aromatic carbocycles. The Labute approximate surface area is 130 Å². The highest BCUT2D eigenvalue weighted by atomic mass is 32.2. The van der Waals surface area contributed by atoms with Crippen molar-refractivity contribution in [2.24, 2.45) is 0 Å². The lowest BCUT2D eigenvalue weighted by molar-refractivity contribution is 0.603. The molecule has 0 amide bonds. The molecule has 0 fully saturated rings. The van der Waals surface area contributed by atoms with Gasteiger partial charge in [-0.2, -0.15) is 0 Å². The molecule has 6 heteroatoms. The van der Waals surface area contributed by atoms with Gasteiger partial charge in [0.2, 0.25) is 0 Å². The molecule has 2 rings (SSSR count). The summed E-state index contributed by atoms with van der Waals surface area (Å²) in [5.74, 6) is 0. The molecular formula is C15H20N2O2S2. The second kappa shape index (κ2) is 6.17. The first-order chi connectivity index (χ1) is 9.83. The second-order valence-corrected chi connectivity index (χ2v) is 8.17. The van der Waals surface area contributed by atoms with Gasteiger partial charge in [-0.3, -0.25) is 4.72 Å². The number of rotatable bonds is 5. The SMILES string of the molecule is CNCc1sc(S(=O)(=O)Nc2ccc(C)cc2C)cc1C. The zero-order valence-electron chi connectivity index (χ0n) is 12.6. The number of benzene rings is 1. The normalized spacial score (nSPS) is 11.6. The van der Waals surface area contributed by atoms with E-state index < -0.39 is 10.0 Å². The van der Waals surface area contributed by atoms with Crippen molar-refractivity contribution in [2.75, 3.05) is 11.8 Å². The molecule has 0 saturated heterocycles. The van der Waals surface area contributed by atoms with Crippen molar-refractivity contribution in [1.29, 1.82) is 0 Å². The van der Waals surface area contributed by atoms with E-state index >= 15 is 0 Å². The minimum Gasteiger partial charge on any atom is -0.315 e. The Morgan fingerprint density at radius 3 is 2.43 bits per heavy atom. The monoisotopic (exact) mass is 324 g/mol. The van der Waals surface area contributed by atoms with Crippen LogP contribution in [0.1, 0.15) is 21.6 Å². The van der Waals surface area contributed by atoms with Crippen molar-refractivity contribution in [3.63, 3.8) is 0 Å². The fourth-order valence-corrected chi connectivity index (χ4v) is 4.81. The van der Waals surface area contributed by atoms with E-state index in [0.29, 0.717) is 16.4 Å². The molecule has 4 nitrogen and oxygen atoms in total. The van der Waals surface area contributed by atoms with E-state index in [9.17, 15) is 8.42 Å². The Morgan fingerprint density at radius 2 is 1.81 bits per heavy atom. The van der Waals surface area contributed by atoms with Crippen molar-refractivity contribution in [3.8, 4) is 0 Å². The molecule has 0 aliphatic rings.